The second kappa shape index (κ2) is 9.07. The molecule has 0 unspecified atom stereocenters. The molecule has 0 spiro atoms. The van der Waals surface area contributed by atoms with Crippen LogP contribution in [0.2, 0.25) is 0 Å². The molecule has 3 nitrogen and oxygen atoms in total. The van der Waals surface area contributed by atoms with E-state index >= 15 is 0 Å². The molecule has 3 aromatic rings. The smallest absolute Gasteiger partial charge is 0.263 e. The van der Waals surface area contributed by atoms with E-state index in [9.17, 15) is 13.2 Å². The Morgan fingerprint density at radius 2 is 1.97 bits per heavy atom. The van der Waals surface area contributed by atoms with E-state index in [4.69, 9.17) is 5.73 Å². The van der Waals surface area contributed by atoms with E-state index in [1.54, 1.807) is 18.0 Å². The third kappa shape index (κ3) is 4.69. The largest absolute Gasteiger partial charge is 0.337 e. The van der Waals surface area contributed by atoms with Crippen molar-refractivity contribution in [2.45, 2.75) is 24.8 Å². The van der Waals surface area contributed by atoms with Gasteiger partial charge < -0.3 is 10.3 Å². The van der Waals surface area contributed by atoms with E-state index in [1.165, 1.54) is 18.2 Å². The molecule has 1 aromatic heterocycles. The number of allylic oxidation sites excluding steroid dienone is 1. The van der Waals surface area contributed by atoms with Crippen LogP contribution in [-0.4, -0.2) is 29.5 Å². The maximum absolute atomic E-state index is 14.3. The molecule has 1 heterocycles. The number of hydrogen-bond donors (Lipinski definition) is 1. The van der Waals surface area contributed by atoms with E-state index in [0.29, 0.717) is 10.9 Å². The summed E-state index contributed by atoms with van der Waals surface area (Å²) in [6, 6.07) is 12.5. The summed E-state index contributed by atoms with van der Waals surface area (Å²) >= 11 is 1.57. The van der Waals surface area contributed by atoms with Crippen molar-refractivity contribution in [3.63, 3.8) is 0 Å². The van der Waals surface area contributed by atoms with Gasteiger partial charge in [-0.05, 0) is 68.9 Å². The summed E-state index contributed by atoms with van der Waals surface area (Å²) in [6.45, 7) is 2.01. The van der Waals surface area contributed by atoms with E-state index in [1.807, 2.05) is 54.2 Å². The molecule has 7 heteroatoms. The molecule has 0 aliphatic rings. The van der Waals surface area contributed by atoms with Crippen LogP contribution in [0.25, 0.3) is 22.0 Å². The van der Waals surface area contributed by atoms with Crippen LogP contribution in [-0.2, 0) is 6.54 Å². The third-order valence-corrected chi connectivity index (χ3v) is 5.49. The van der Waals surface area contributed by atoms with Gasteiger partial charge in [-0.3, -0.25) is 4.31 Å². The zero-order valence-electron chi connectivity index (χ0n) is 16.6. The molecule has 0 fully saturated rings. The van der Waals surface area contributed by atoms with Crippen LogP contribution < -0.4 is 5.73 Å². The Morgan fingerprint density at radius 3 is 2.62 bits per heavy atom. The summed E-state index contributed by atoms with van der Waals surface area (Å²) in [7, 11) is 3.91. The van der Waals surface area contributed by atoms with Crippen LogP contribution in [0.5, 0.6) is 0 Å². The van der Waals surface area contributed by atoms with E-state index in [2.05, 4.69) is 0 Å². The first-order valence-electron chi connectivity index (χ1n) is 9.23. The minimum Gasteiger partial charge on any atom is -0.337 e. The van der Waals surface area contributed by atoms with Crippen LogP contribution >= 0.6 is 11.9 Å². The number of nitrogens with zero attached hydrogens (tertiary/aromatic N) is 2. The Bertz CT molecular complexity index is 1040. The quantitative estimate of drug-likeness (QED) is 0.482. The predicted octanol–water partition coefficient (Wildman–Crippen LogP) is 5.94. The zero-order chi connectivity index (χ0) is 21.1. The standard InChI is InChI=1S/C22H24F3N3S/c1-14-21(15-5-4-6-18(11-15)29-27(2)3)19-12-16(22(24)25)7-8-20(19)28(14)13-17(23)9-10-26/h4-9,11-12,22H,10,13,26H2,1-3H3/b17-9-. The number of alkyl halides is 2. The van der Waals surface area contributed by atoms with Gasteiger partial charge in [-0.25, -0.2) is 13.2 Å². The van der Waals surface area contributed by atoms with Crippen LogP contribution in [0, 0.1) is 6.92 Å². The summed E-state index contributed by atoms with van der Waals surface area (Å²) in [6.07, 6.45) is -1.24. The van der Waals surface area contributed by atoms with Crippen molar-refractivity contribution >= 4 is 22.9 Å². The Balaban J connectivity index is 2.23. The number of hydrogen-bond acceptors (Lipinski definition) is 3. The first kappa shape index (κ1) is 21.5. The molecule has 0 radical (unpaired) electrons. The van der Waals surface area contributed by atoms with Crippen molar-refractivity contribution < 1.29 is 13.2 Å². The van der Waals surface area contributed by atoms with E-state index in [0.717, 1.165) is 21.7 Å². The summed E-state index contributed by atoms with van der Waals surface area (Å²) in [5.41, 5.74) is 8.66. The molecule has 0 saturated carbocycles. The highest BCUT2D eigenvalue weighted by Crippen LogP contribution is 2.38. The first-order valence-corrected chi connectivity index (χ1v) is 10.0. The van der Waals surface area contributed by atoms with Gasteiger partial charge in [0.2, 0.25) is 0 Å². The van der Waals surface area contributed by atoms with Crippen molar-refractivity contribution in [3.8, 4) is 11.1 Å². The van der Waals surface area contributed by atoms with E-state index < -0.39 is 6.43 Å². The van der Waals surface area contributed by atoms with Crippen molar-refractivity contribution in [2.75, 3.05) is 20.6 Å². The van der Waals surface area contributed by atoms with Gasteiger partial charge in [-0.2, -0.15) is 0 Å². The van der Waals surface area contributed by atoms with Gasteiger partial charge in [-0.15, -0.1) is 0 Å². The Morgan fingerprint density at radius 1 is 1.21 bits per heavy atom. The van der Waals surface area contributed by atoms with Crippen LogP contribution in [0.4, 0.5) is 13.2 Å². The van der Waals surface area contributed by atoms with Gasteiger partial charge >= 0.3 is 0 Å². The molecule has 0 saturated heterocycles. The average Bonchev–Trinajstić information content (AvgIpc) is 2.92. The molecule has 0 atom stereocenters. The molecular weight excluding hydrogens is 395 g/mol. The molecule has 2 N–H and O–H groups in total. The molecule has 2 aromatic carbocycles. The lowest BCUT2D eigenvalue weighted by Crippen LogP contribution is -2.03. The molecule has 0 aliphatic heterocycles. The second-order valence-corrected chi connectivity index (χ2v) is 8.33. The molecular formula is C22H24F3N3S. The molecule has 0 amide bonds. The predicted molar refractivity (Wildman–Crippen MR) is 115 cm³/mol. The van der Waals surface area contributed by atoms with Crippen molar-refractivity contribution in [1.82, 2.24) is 8.87 Å². The zero-order valence-corrected chi connectivity index (χ0v) is 17.4. The summed E-state index contributed by atoms with van der Waals surface area (Å²) in [5, 5.41) is 0.688. The van der Waals surface area contributed by atoms with Gasteiger partial charge in [0.05, 0.1) is 6.54 Å². The maximum atomic E-state index is 14.3. The Kier molecular flexibility index (Phi) is 6.72. The van der Waals surface area contributed by atoms with Crippen LogP contribution in [0.3, 0.4) is 0 Å². The lowest BCUT2D eigenvalue weighted by atomic mass is 10.0. The molecule has 0 bridgehead atoms. The average molecular weight is 420 g/mol. The number of rotatable bonds is 7. The van der Waals surface area contributed by atoms with Gasteiger partial charge in [-0.1, -0.05) is 18.2 Å². The van der Waals surface area contributed by atoms with Gasteiger partial charge in [0.1, 0.15) is 5.83 Å². The third-order valence-electron chi connectivity index (χ3n) is 4.66. The second-order valence-electron chi connectivity index (χ2n) is 6.94. The number of fused-ring (bicyclic) bond motifs is 1. The monoisotopic (exact) mass is 419 g/mol. The fourth-order valence-corrected chi connectivity index (χ4v) is 4.21. The lowest BCUT2D eigenvalue weighted by Gasteiger charge is -2.11. The highest BCUT2D eigenvalue weighted by atomic mass is 32.2. The fourth-order valence-electron chi connectivity index (χ4n) is 3.47. The normalized spacial score (nSPS) is 12.5. The fraction of sp³-hybridized carbons (Fsp3) is 0.273. The molecule has 29 heavy (non-hydrogen) atoms. The Labute approximate surface area is 173 Å². The van der Waals surface area contributed by atoms with Crippen LogP contribution in [0.1, 0.15) is 17.7 Å². The highest BCUT2D eigenvalue weighted by Gasteiger charge is 2.19. The summed E-state index contributed by atoms with van der Waals surface area (Å²) < 4.78 is 44.8. The number of aromatic nitrogens is 1. The molecule has 0 aliphatic carbocycles. The first-order chi connectivity index (χ1) is 13.8. The van der Waals surface area contributed by atoms with Gasteiger partial charge in [0.15, 0.2) is 0 Å². The summed E-state index contributed by atoms with van der Waals surface area (Å²) in [5.74, 6) is -0.353. The number of nitrogens with two attached hydrogens (primary N) is 1. The van der Waals surface area contributed by atoms with Crippen molar-refractivity contribution in [3.05, 3.63) is 65.6 Å². The minimum atomic E-state index is -2.57. The van der Waals surface area contributed by atoms with Crippen molar-refractivity contribution in [2.24, 2.45) is 5.73 Å². The SMILES string of the molecule is Cc1c(-c2cccc(SN(C)C)c2)c2cc(C(F)F)ccc2n1C/C(F)=C/CN. The summed E-state index contributed by atoms with van der Waals surface area (Å²) in [4.78, 5) is 1.03. The van der Waals surface area contributed by atoms with Crippen molar-refractivity contribution in [1.29, 1.82) is 0 Å². The number of benzene rings is 2. The Hall–Kier alpha value is -2.22. The maximum Gasteiger partial charge on any atom is 0.263 e. The lowest BCUT2D eigenvalue weighted by molar-refractivity contribution is 0.151. The minimum absolute atomic E-state index is 0.0136. The van der Waals surface area contributed by atoms with Crippen LogP contribution in [0.15, 0.2) is 59.3 Å². The molecule has 3 rings (SSSR count). The topological polar surface area (TPSA) is 34.2 Å². The van der Waals surface area contributed by atoms with E-state index in [-0.39, 0.29) is 24.5 Å². The van der Waals surface area contributed by atoms with Gasteiger partial charge in [0.25, 0.3) is 6.43 Å². The number of halogens is 3. The highest BCUT2D eigenvalue weighted by molar-refractivity contribution is 7.97. The molecule has 154 valence electrons. The van der Waals surface area contributed by atoms with Gasteiger partial charge in [0, 0.05) is 39.2 Å².